The molecule has 0 amide bonds. The van der Waals surface area contributed by atoms with E-state index in [9.17, 15) is 0 Å². The number of methoxy groups -OCH3 is 2. The predicted molar refractivity (Wildman–Crippen MR) is 80.8 cm³/mol. The third-order valence-electron chi connectivity index (χ3n) is 2.63. The van der Waals surface area contributed by atoms with Crippen molar-refractivity contribution < 1.29 is 14.2 Å². The molecule has 0 radical (unpaired) electrons. The molecule has 19 heavy (non-hydrogen) atoms. The molecule has 1 aromatic rings. The maximum absolute atomic E-state index is 5.78. The lowest BCUT2D eigenvalue weighted by Gasteiger charge is -2.16. The first-order chi connectivity index (χ1) is 9.26. The van der Waals surface area contributed by atoms with E-state index >= 15 is 0 Å². The van der Waals surface area contributed by atoms with Gasteiger partial charge in [0.1, 0.15) is 0 Å². The molecule has 0 spiro atoms. The zero-order chi connectivity index (χ0) is 14.1. The first kappa shape index (κ1) is 16.0. The highest BCUT2D eigenvalue weighted by molar-refractivity contribution is 7.99. The zero-order valence-corrected chi connectivity index (χ0v) is 12.7. The van der Waals surface area contributed by atoms with Gasteiger partial charge in [-0.15, -0.1) is 0 Å². The molecule has 0 aliphatic heterocycles. The molecule has 2 N–H and O–H groups in total. The highest BCUT2D eigenvalue weighted by Crippen LogP contribution is 2.38. The minimum atomic E-state index is 0.597. The molecule has 1 aromatic carbocycles. The van der Waals surface area contributed by atoms with Gasteiger partial charge in [-0.25, -0.2) is 0 Å². The number of ether oxygens (including phenoxy) is 3. The van der Waals surface area contributed by atoms with Gasteiger partial charge in [-0.2, -0.15) is 11.8 Å². The van der Waals surface area contributed by atoms with Crippen LogP contribution < -0.4 is 19.9 Å². The first-order valence-corrected chi connectivity index (χ1v) is 7.57. The molecule has 0 saturated heterocycles. The van der Waals surface area contributed by atoms with Crippen LogP contribution in [0.2, 0.25) is 0 Å². The van der Waals surface area contributed by atoms with Gasteiger partial charge in [0.15, 0.2) is 11.5 Å². The lowest BCUT2D eigenvalue weighted by molar-refractivity contribution is 0.290. The van der Waals surface area contributed by atoms with Crippen LogP contribution in [0.15, 0.2) is 12.1 Å². The van der Waals surface area contributed by atoms with Gasteiger partial charge in [0.2, 0.25) is 5.75 Å². The van der Waals surface area contributed by atoms with Crippen molar-refractivity contribution >= 4 is 11.8 Å². The lowest BCUT2D eigenvalue weighted by Crippen LogP contribution is -2.06. The van der Waals surface area contributed by atoms with Gasteiger partial charge in [-0.05, 0) is 36.4 Å². The largest absolute Gasteiger partial charge is 0.493 e. The summed E-state index contributed by atoms with van der Waals surface area (Å²) in [5.74, 6) is 4.11. The maximum Gasteiger partial charge on any atom is 0.203 e. The number of hydrogen-bond acceptors (Lipinski definition) is 5. The van der Waals surface area contributed by atoms with Crippen molar-refractivity contribution in [2.45, 2.75) is 13.3 Å². The summed E-state index contributed by atoms with van der Waals surface area (Å²) in [5, 5.41) is 0. The molecule has 0 aromatic heterocycles. The van der Waals surface area contributed by atoms with Crippen LogP contribution >= 0.6 is 11.8 Å². The molecule has 108 valence electrons. The third-order valence-corrected chi connectivity index (χ3v) is 3.50. The topological polar surface area (TPSA) is 53.7 Å². The predicted octanol–water partition coefficient (Wildman–Crippen LogP) is 2.34. The average molecular weight is 285 g/mol. The Hall–Kier alpha value is -1.07. The smallest absolute Gasteiger partial charge is 0.203 e. The summed E-state index contributed by atoms with van der Waals surface area (Å²) in [6.45, 7) is 3.37. The molecule has 1 rings (SSSR count). The van der Waals surface area contributed by atoms with Crippen molar-refractivity contribution in [3.05, 3.63) is 17.7 Å². The third kappa shape index (κ3) is 4.84. The molecule has 0 heterocycles. The summed E-state index contributed by atoms with van der Waals surface area (Å²) in [6, 6.07) is 3.91. The van der Waals surface area contributed by atoms with Crippen molar-refractivity contribution in [2.75, 3.05) is 38.9 Å². The van der Waals surface area contributed by atoms with E-state index in [1.807, 2.05) is 23.9 Å². The number of thioether (sulfide) groups is 1. The summed E-state index contributed by atoms with van der Waals surface area (Å²) in [4.78, 5) is 0. The fraction of sp³-hybridized carbons (Fsp3) is 0.571. The molecular formula is C14H23NO3S. The zero-order valence-electron chi connectivity index (χ0n) is 11.9. The minimum absolute atomic E-state index is 0.597. The molecular weight excluding hydrogens is 262 g/mol. The molecule has 0 saturated carbocycles. The fourth-order valence-electron chi connectivity index (χ4n) is 1.73. The Labute approximate surface area is 119 Å². The van der Waals surface area contributed by atoms with Crippen LogP contribution in [0.4, 0.5) is 0 Å². The second kappa shape index (κ2) is 8.93. The summed E-state index contributed by atoms with van der Waals surface area (Å²) in [5.41, 5.74) is 6.67. The first-order valence-electron chi connectivity index (χ1n) is 6.42. The second-order valence-electron chi connectivity index (χ2n) is 3.91. The Morgan fingerprint density at radius 2 is 1.79 bits per heavy atom. The Morgan fingerprint density at radius 1 is 1.16 bits per heavy atom. The van der Waals surface area contributed by atoms with Crippen LogP contribution in [0.1, 0.15) is 12.5 Å². The Balaban J connectivity index is 2.86. The average Bonchev–Trinajstić information content (AvgIpc) is 2.44. The van der Waals surface area contributed by atoms with Crippen molar-refractivity contribution in [3.8, 4) is 17.2 Å². The van der Waals surface area contributed by atoms with Crippen LogP contribution in [0.3, 0.4) is 0 Å². The SMILES string of the molecule is CCSCCOc1c(OC)cc(CCN)cc1OC. The van der Waals surface area contributed by atoms with E-state index in [1.54, 1.807) is 14.2 Å². The second-order valence-corrected chi connectivity index (χ2v) is 5.31. The van der Waals surface area contributed by atoms with Crippen LogP contribution in [-0.2, 0) is 6.42 Å². The standard InChI is InChI=1S/C14H23NO3S/c1-4-19-8-7-18-14-12(16-2)9-11(5-6-15)10-13(14)17-3/h9-10H,4-8,15H2,1-3H3. The lowest BCUT2D eigenvalue weighted by atomic mass is 10.1. The number of hydrogen-bond donors (Lipinski definition) is 1. The summed E-state index contributed by atoms with van der Waals surface area (Å²) < 4.78 is 16.5. The quantitative estimate of drug-likeness (QED) is 0.706. The van der Waals surface area contributed by atoms with Crippen LogP contribution in [-0.4, -0.2) is 38.9 Å². The van der Waals surface area contributed by atoms with Gasteiger partial charge in [0, 0.05) is 5.75 Å². The van der Waals surface area contributed by atoms with Crippen LogP contribution in [0, 0.1) is 0 Å². The molecule has 4 nitrogen and oxygen atoms in total. The van der Waals surface area contributed by atoms with E-state index in [1.165, 1.54) is 0 Å². The highest BCUT2D eigenvalue weighted by Gasteiger charge is 2.13. The number of benzene rings is 1. The van der Waals surface area contributed by atoms with Crippen LogP contribution in [0.25, 0.3) is 0 Å². The van der Waals surface area contributed by atoms with Gasteiger partial charge < -0.3 is 19.9 Å². The van der Waals surface area contributed by atoms with Gasteiger partial charge in [-0.3, -0.25) is 0 Å². The molecule has 0 aliphatic rings. The van der Waals surface area contributed by atoms with Crippen molar-refractivity contribution in [2.24, 2.45) is 5.73 Å². The molecule has 0 aliphatic carbocycles. The molecule has 0 fully saturated rings. The van der Waals surface area contributed by atoms with Crippen molar-refractivity contribution in [1.29, 1.82) is 0 Å². The summed E-state index contributed by atoms with van der Waals surface area (Å²) in [6.07, 6.45) is 0.790. The highest BCUT2D eigenvalue weighted by atomic mass is 32.2. The van der Waals surface area contributed by atoms with Gasteiger partial charge in [0.25, 0.3) is 0 Å². The monoisotopic (exact) mass is 285 g/mol. The van der Waals surface area contributed by atoms with E-state index in [2.05, 4.69) is 6.92 Å². The van der Waals surface area contributed by atoms with E-state index < -0.39 is 0 Å². The van der Waals surface area contributed by atoms with Crippen molar-refractivity contribution in [3.63, 3.8) is 0 Å². The molecule has 0 atom stereocenters. The molecule has 0 bridgehead atoms. The summed E-state index contributed by atoms with van der Waals surface area (Å²) >= 11 is 1.84. The normalized spacial score (nSPS) is 10.3. The molecule has 0 unspecified atom stereocenters. The van der Waals surface area contributed by atoms with Crippen molar-refractivity contribution in [1.82, 2.24) is 0 Å². The Bertz CT molecular complexity index is 360. The minimum Gasteiger partial charge on any atom is -0.493 e. The number of rotatable bonds is 9. The van der Waals surface area contributed by atoms with E-state index in [0.717, 1.165) is 23.5 Å². The van der Waals surface area contributed by atoms with Gasteiger partial charge >= 0.3 is 0 Å². The molecule has 5 heteroatoms. The maximum atomic E-state index is 5.78. The van der Waals surface area contributed by atoms with Crippen LogP contribution in [0.5, 0.6) is 17.2 Å². The van der Waals surface area contributed by atoms with Gasteiger partial charge in [0.05, 0.1) is 20.8 Å². The van der Waals surface area contributed by atoms with E-state index in [0.29, 0.717) is 30.4 Å². The Morgan fingerprint density at radius 3 is 2.26 bits per heavy atom. The Kier molecular flexibility index (Phi) is 7.52. The van der Waals surface area contributed by atoms with E-state index in [-0.39, 0.29) is 0 Å². The fourth-order valence-corrected chi connectivity index (χ4v) is 2.22. The summed E-state index contributed by atoms with van der Waals surface area (Å²) in [7, 11) is 3.27. The number of nitrogens with two attached hydrogens (primary N) is 1. The van der Waals surface area contributed by atoms with Gasteiger partial charge in [-0.1, -0.05) is 6.92 Å². The van der Waals surface area contributed by atoms with E-state index in [4.69, 9.17) is 19.9 Å².